The molecule has 0 spiro atoms. The zero-order valence-electron chi connectivity index (χ0n) is 7.74. The monoisotopic (exact) mass is 316 g/mol. The van der Waals surface area contributed by atoms with Crippen LogP contribution in [0.1, 0.15) is 4.88 Å². The molecular formula is C9H5BrN2O2S2. The van der Waals surface area contributed by atoms with Gasteiger partial charge in [0.15, 0.2) is 5.11 Å². The lowest BCUT2D eigenvalue weighted by molar-refractivity contribution is -0.123. The molecule has 2 amide bonds. The minimum absolute atomic E-state index is 0.0412. The zero-order chi connectivity index (χ0) is 11.7. The van der Waals surface area contributed by atoms with E-state index in [1.54, 1.807) is 0 Å². The van der Waals surface area contributed by atoms with Gasteiger partial charge in [-0.25, -0.2) is 0 Å². The van der Waals surface area contributed by atoms with Gasteiger partial charge in [-0.2, -0.15) is 0 Å². The summed E-state index contributed by atoms with van der Waals surface area (Å²) in [5, 5.41) is 6.66. The largest absolute Gasteiger partial charge is 0.299 e. The number of rotatable bonds is 1. The maximum absolute atomic E-state index is 11.5. The lowest BCUT2D eigenvalue weighted by atomic mass is 10.2. The average molecular weight is 317 g/mol. The second-order valence-electron chi connectivity index (χ2n) is 2.96. The number of carbonyl (C=O) groups excluding carboxylic acids is 2. The molecule has 7 heteroatoms. The fourth-order valence-corrected chi connectivity index (χ4v) is 2.71. The highest BCUT2D eigenvalue weighted by molar-refractivity contribution is 9.10. The SMILES string of the molecule is O=C1NC(=S)NC(=O)C1=Cc1cc(Br)cs1. The highest BCUT2D eigenvalue weighted by Gasteiger charge is 2.25. The van der Waals surface area contributed by atoms with Crippen LogP contribution < -0.4 is 10.6 Å². The minimum atomic E-state index is -0.474. The van der Waals surface area contributed by atoms with Gasteiger partial charge in [-0.15, -0.1) is 11.3 Å². The van der Waals surface area contributed by atoms with Gasteiger partial charge in [-0.3, -0.25) is 20.2 Å². The maximum atomic E-state index is 11.5. The number of hydrogen-bond acceptors (Lipinski definition) is 4. The van der Waals surface area contributed by atoms with E-state index >= 15 is 0 Å². The number of thiophene rings is 1. The predicted octanol–water partition coefficient (Wildman–Crippen LogP) is 1.42. The number of thiocarbonyl (C=S) groups is 1. The van der Waals surface area contributed by atoms with Crippen LogP contribution in [-0.2, 0) is 9.59 Å². The van der Waals surface area contributed by atoms with Gasteiger partial charge in [0.25, 0.3) is 11.8 Å². The van der Waals surface area contributed by atoms with Crippen molar-refractivity contribution in [1.82, 2.24) is 10.6 Å². The summed E-state index contributed by atoms with van der Waals surface area (Å²) in [7, 11) is 0. The summed E-state index contributed by atoms with van der Waals surface area (Å²) in [6.07, 6.45) is 1.53. The van der Waals surface area contributed by atoms with Crippen LogP contribution in [0.4, 0.5) is 0 Å². The van der Waals surface area contributed by atoms with Crippen molar-refractivity contribution in [3.05, 3.63) is 26.4 Å². The molecule has 1 aliphatic heterocycles. The molecule has 1 aliphatic rings. The Kier molecular flexibility index (Phi) is 3.17. The molecule has 82 valence electrons. The summed E-state index contributed by atoms with van der Waals surface area (Å²) in [5.74, 6) is -0.948. The van der Waals surface area contributed by atoms with Gasteiger partial charge in [0, 0.05) is 14.7 Å². The van der Waals surface area contributed by atoms with Crippen molar-refractivity contribution in [2.24, 2.45) is 0 Å². The van der Waals surface area contributed by atoms with Gasteiger partial charge in [0.1, 0.15) is 5.57 Å². The fraction of sp³-hybridized carbons (Fsp3) is 0. The Balaban J connectivity index is 2.32. The van der Waals surface area contributed by atoms with Crippen LogP contribution >= 0.6 is 39.5 Å². The van der Waals surface area contributed by atoms with E-state index in [1.807, 2.05) is 11.4 Å². The first-order valence-corrected chi connectivity index (χ1v) is 6.27. The van der Waals surface area contributed by atoms with Gasteiger partial charge in [0.2, 0.25) is 0 Å². The first-order chi connectivity index (χ1) is 7.56. The molecule has 2 N–H and O–H groups in total. The van der Waals surface area contributed by atoms with Crippen molar-refractivity contribution in [2.75, 3.05) is 0 Å². The molecule has 2 rings (SSSR count). The first kappa shape index (κ1) is 11.4. The second-order valence-corrected chi connectivity index (χ2v) is 5.23. The molecule has 0 aromatic carbocycles. The Bertz CT molecular complexity index is 499. The molecule has 0 saturated carbocycles. The van der Waals surface area contributed by atoms with Crippen LogP contribution in [0.2, 0.25) is 0 Å². The van der Waals surface area contributed by atoms with E-state index in [1.165, 1.54) is 17.4 Å². The molecule has 1 aromatic heterocycles. The molecule has 0 radical (unpaired) electrons. The molecule has 0 unspecified atom stereocenters. The van der Waals surface area contributed by atoms with Crippen LogP contribution in [0.25, 0.3) is 6.08 Å². The fourth-order valence-electron chi connectivity index (χ4n) is 1.15. The van der Waals surface area contributed by atoms with E-state index in [-0.39, 0.29) is 10.7 Å². The molecular weight excluding hydrogens is 312 g/mol. The van der Waals surface area contributed by atoms with Crippen LogP contribution in [-0.4, -0.2) is 16.9 Å². The van der Waals surface area contributed by atoms with Gasteiger partial charge in [-0.05, 0) is 40.3 Å². The van der Waals surface area contributed by atoms with Gasteiger partial charge in [0.05, 0.1) is 0 Å². The molecule has 4 nitrogen and oxygen atoms in total. The minimum Gasteiger partial charge on any atom is -0.299 e. The van der Waals surface area contributed by atoms with Gasteiger partial charge in [-0.1, -0.05) is 0 Å². The van der Waals surface area contributed by atoms with Crippen molar-refractivity contribution in [3.63, 3.8) is 0 Å². The van der Waals surface area contributed by atoms with Crippen molar-refractivity contribution in [3.8, 4) is 0 Å². The second kappa shape index (κ2) is 4.44. The van der Waals surface area contributed by atoms with Crippen LogP contribution in [0.3, 0.4) is 0 Å². The topological polar surface area (TPSA) is 58.2 Å². The average Bonchev–Trinajstić information content (AvgIpc) is 2.58. The molecule has 1 aromatic rings. The molecule has 0 atom stereocenters. The quantitative estimate of drug-likeness (QED) is 0.468. The van der Waals surface area contributed by atoms with E-state index in [2.05, 4.69) is 38.8 Å². The van der Waals surface area contributed by atoms with E-state index < -0.39 is 11.8 Å². The Morgan fingerprint density at radius 1 is 1.31 bits per heavy atom. The zero-order valence-corrected chi connectivity index (χ0v) is 11.0. The maximum Gasteiger partial charge on any atom is 0.263 e. The number of halogens is 1. The Hall–Kier alpha value is -1.05. The van der Waals surface area contributed by atoms with Gasteiger partial charge >= 0.3 is 0 Å². The highest BCUT2D eigenvalue weighted by atomic mass is 79.9. The molecule has 0 bridgehead atoms. The van der Waals surface area contributed by atoms with Crippen molar-refractivity contribution < 1.29 is 9.59 Å². The van der Waals surface area contributed by atoms with Crippen molar-refractivity contribution in [1.29, 1.82) is 0 Å². The van der Waals surface area contributed by atoms with Crippen LogP contribution in [0.5, 0.6) is 0 Å². The van der Waals surface area contributed by atoms with E-state index in [4.69, 9.17) is 0 Å². The molecule has 1 fully saturated rings. The smallest absolute Gasteiger partial charge is 0.263 e. The molecule has 16 heavy (non-hydrogen) atoms. The number of amides is 2. The summed E-state index contributed by atoms with van der Waals surface area (Å²) in [5.41, 5.74) is 0.0583. The highest BCUT2D eigenvalue weighted by Crippen LogP contribution is 2.22. The predicted molar refractivity (Wildman–Crippen MR) is 68.9 cm³/mol. The Morgan fingerprint density at radius 3 is 2.44 bits per heavy atom. The van der Waals surface area contributed by atoms with Gasteiger partial charge < -0.3 is 0 Å². The summed E-state index contributed by atoms with van der Waals surface area (Å²) in [6.45, 7) is 0. The van der Waals surface area contributed by atoms with E-state index in [9.17, 15) is 9.59 Å². The normalized spacial score (nSPS) is 15.8. The van der Waals surface area contributed by atoms with Crippen LogP contribution in [0, 0.1) is 0 Å². The molecule has 0 aliphatic carbocycles. The summed E-state index contributed by atoms with van der Waals surface area (Å²) in [4.78, 5) is 23.8. The Labute approximate surface area is 109 Å². The van der Waals surface area contributed by atoms with E-state index in [0.717, 1.165) is 9.35 Å². The first-order valence-electron chi connectivity index (χ1n) is 4.18. The third-order valence-electron chi connectivity index (χ3n) is 1.82. The number of hydrogen-bond donors (Lipinski definition) is 2. The summed E-state index contributed by atoms with van der Waals surface area (Å²) < 4.78 is 0.913. The number of carbonyl (C=O) groups is 2. The Morgan fingerprint density at radius 2 is 1.94 bits per heavy atom. The standard InChI is InChI=1S/C9H5BrN2O2S2/c10-4-1-5(16-3-4)2-6-7(13)11-9(15)12-8(6)14/h1-3H,(H2,11,12,13,14,15). The number of nitrogens with one attached hydrogen (secondary N) is 2. The van der Waals surface area contributed by atoms with Crippen LogP contribution in [0.15, 0.2) is 21.5 Å². The van der Waals surface area contributed by atoms with Crippen molar-refractivity contribution in [2.45, 2.75) is 0 Å². The molecule has 1 saturated heterocycles. The molecule has 2 heterocycles. The lowest BCUT2D eigenvalue weighted by Gasteiger charge is -2.15. The summed E-state index contributed by atoms with van der Waals surface area (Å²) >= 11 is 9.41. The third kappa shape index (κ3) is 2.37. The van der Waals surface area contributed by atoms with E-state index in [0.29, 0.717) is 0 Å². The van der Waals surface area contributed by atoms with Crippen molar-refractivity contribution >= 4 is 62.5 Å². The third-order valence-corrected chi connectivity index (χ3v) is 3.66. The lowest BCUT2D eigenvalue weighted by Crippen LogP contribution is -2.51. The summed E-state index contributed by atoms with van der Waals surface area (Å²) in [6, 6.07) is 1.82.